The van der Waals surface area contributed by atoms with Crippen molar-refractivity contribution in [1.82, 2.24) is 25.6 Å². The summed E-state index contributed by atoms with van der Waals surface area (Å²) >= 11 is 1.13. The first-order valence-corrected chi connectivity index (χ1v) is 13.9. The molecule has 190 valence electrons. The number of benzene rings is 2. The first-order chi connectivity index (χ1) is 17.1. The number of nitrogens with zero attached hydrogens (tertiary/aromatic N) is 5. The summed E-state index contributed by atoms with van der Waals surface area (Å²) in [6.45, 7) is 12.3. The molecule has 0 amide bonds. The highest BCUT2D eigenvalue weighted by atomic mass is 32.2. The third kappa shape index (κ3) is 5.41. The normalized spacial score (nSPS) is 11.8. The number of anilines is 1. The second-order valence-electron chi connectivity index (χ2n) is 9.25. The molecule has 0 atom stereocenters. The Morgan fingerprint density at radius 3 is 2.42 bits per heavy atom. The molecule has 0 aliphatic rings. The van der Waals surface area contributed by atoms with E-state index in [2.05, 4.69) is 25.6 Å². The standard InChI is InChI=1S/C25H30N6O3S2/c1-15(2)12-31(36(32,33)25-26-19(6)14-35-25)22-10-16(3)17(4)11-23(22)34-13-21-8-7-20(9-18(21)5)24-27-29-30-28-24/h7-11,14-15H,12-13H2,1-6H3,(H,27,28,29,30). The Labute approximate surface area is 215 Å². The Kier molecular flexibility index (Phi) is 7.41. The van der Waals surface area contributed by atoms with E-state index in [1.54, 1.807) is 12.3 Å². The Bertz CT molecular complexity index is 1460. The van der Waals surface area contributed by atoms with Crippen LogP contribution in [0.15, 0.2) is 40.1 Å². The van der Waals surface area contributed by atoms with Gasteiger partial charge in [0.15, 0.2) is 0 Å². The number of hydrogen-bond donors (Lipinski definition) is 1. The van der Waals surface area contributed by atoms with Gasteiger partial charge < -0.3 is 4.74 Å². The summed E-state index contributed by atoms with van der Waals surface area (Å²) in [6.07, 6.45) is 0. The molecule has 0 unspecified atom stereocenters. The van der Waals surface area contributed by atoms with Gasteiger partial charge in [-0.15, -0.1) is 21.5 Å². The molecule has 36 heavy (non-hydrogen) atoms. The van der Waals surface area contributed by atoms with E-state index in [4.69, 9.17) is 4.74 Å². The summed E-state index contributed by atoms with van der Waals surface area (Å²) in [5, 5.41) is 15.9. The molecule has 0 saturated carbocycles. The van der Waals surface area contributed by atoms with E-state index >= 15 is 0 Å². The van der Waals surface area contributed by atoms with Gasteiger partial charge in [0.2, 0.25) is 10.2 Å². The van der Waals surface area contributed by atoms with Crippen LogP contribution in [0.5, 0.6) is 5.75 Å². The molecule has 2 heterocycles. The van der Waals surface area contributed by atoms with Crippen molar-refractivity contribution in [2.45, 2.75) is 52.5 Å². The van der Waals surface area contributed by atoms with Crippen LogP contribution in [-0.2, 0) is 16.6 Å². The van der Waals surface area contributed by atoms with Crippen molar-refractivity contribution in [3.63, 3.8) is 0 Å². The molecule has 0 fully saturated rings. The van der Waals surface area contributed by atoms with E-state index in [0.717, 1.165) is 39.2 Å². The highest BCUT2D eigenvalue weighted by Crippen LogP contribution is 2.37. The second kappa shape index (κ2) is 10.4. The summed E-state index contributed by atoms with van der Waals surface area (Å²) in [5.41, 5.74) is 6.03. The van der Waals surface area contributed by atoms with E-state index in [1.807, 2.05) is 65.0 Å². The molecular formula is C25H30N6O3S2. The van der Waals surface area contributed by atoms with Crippen molar-refractivity contribution in [1.29, 1.82) is 0 Å². The Balaban J connectivity index is 1.70. The third-order valence-corrected chi connectivity index (χ3v) is 8.94. The molecule has 2 aromatic heterocycles. The van der Waals surface area contributed by atoms with Gasteiger partial charge >= 0.3 is 0 Å². The van der Waals surface area contributed by atoms with Crippen LogP contribution in [0.25, 0.3) is 11.4 Å². The predicted octanol–water partition coefficient (Wildman–Crippen LogP) is 4.99. The molecule has 1 N–H and O–H groups in total. The second-order valence-corrected chi connectivity index (χ2v) is 12.1. The largest absolute Gasteiger partial charge is 0.487 e. The van der Waals surface area contributed by atoms with Crippen molar-refractivity contribution in [2.75, 3.05) is 10.8 Å². The van der Waals surface area contributed by atoms with E-state index in [-0.39, 0.29) is 16.9 Å². The van der Waals surface area contributed by atoms with Crippen LogP contribution in [-0.4, -0.2) is 40.6 Å². The summed E-state index contributed by atoms with van der Waals surface area (Å²) in [4.78, 5) is 4.27. The van der Waals surface area contributed by atoms with Gasteiger partial charge in [0.1, 0.15) is 12.4 Å². The van der Waals surface area contributed by atoms with Gasteiger partial charge in [-0.05, 0) is 79.3 Å². The maximum Gasteiger partial charge on any atom is 0.291 e. The predicted molar refractivity (Wildman–Crippen MR) is 141 cm³/mol. The number of ether oxygens (including phenoxy) is 1. The van der Waals surface area contributed by atoms with E-state index in [1.165, 1.54) is 4.31 Å². The number of H-pyrrole nitrogens is 1. The van der Waals surface area contributed by atoms with E-state index in [0.29, 0.717) is 29.5 Å². The van der Waals surface area contributed by atoms with E-state index in [9.17, 15) is 8.42 Å². The zero-order valence-corrected chi connectivity index (χ0v) is 22.9. The summed E-state index contributed by atoms with van der Waals surface area (Å²) in [5.74, 6) is 1.13. The number of aromatic amines is 1. The fourth-order valence-corrected chi connectivity index (χ4v) is 6.49. The third-order valence-electron chi connectivity index (χ3n) is 5.81. The van der Waals surface area contributed by atoms with Gasteiger partial charge in [-0.3, -0.25) is 4.31 Å². The molecule has 0 radical (unpaired) electrons. The van der Waals surface area contributed by atoms with Crippen LogP contribution < -0.4 is 9.04 Å². The van der Waals surface area contributed by atoms with Gasteiger partial charge in [0.25, 0.3) is 10.0 Å². The van der Waals surface area contributed by atoms with Crippen molar-refractivity contribution >= 4 is 27.0 Å². The molecule has 2 aromatic carbocycles. The van der Waals surface area contributed by atoms with Crippen molar-refractivity contribution in [2.24, 2.45) is 5.92 Å². The van der Waals surface area contributed by atoms with Crippen molar-refractivity contribution in [3.8, 4) is 17.1 Å². The quantitative estimate of drug-likeness (QED) is 0.327. The molecule has 9 nitrogen and oxygen atoms in total. The van der Waals surface area contributed by atoms with Gasteiger partial charge in [-0.2, -0.15) is 13.6 Å². The summed E-state index contributed by atoms with van der Waals surface area (Å²) in [7, 11) is -3.86. The summed E-state index contributed by atoms with van der Waals surface area (Å²) < 4.78 is 35.2. The van der Waals surface area contributed by atoms with Crippen molar-refractivity contribution in [3.05, 3.63) is 63.7 Å². The molecule has 0 aliphatic heterocycles. The Hall–Kier alpha value is -3.31. The number of rotatable bonds is 9. The first kappa shape index (κ1) is 25.8. The van der Waals surface area contributed by atoms with Crippen LogP contribution in [0.3, 0.4) is 0 Å². The number of sulfonamides is 1. The topological polar surface area (TPSA) is 114 Å². The van der Waals surface area contributed by atoms with Gasteiger partial charge in [-0.25, -0.2) is 4.98 Å². The lowest BCUT2D eigenvalue weighted by Gasteiger charge is -2.28. The average molecular weight is 527 g/mol. The van der Waals surface area contributed by atoms with Gasteiger partial charge in [-0.1, -0.05) is 26.0 Å². The lowest BCUT2D eigenvalue weighted by Crippen LogP contribution is -2.34. The molecule has 11 heteroatoms. The molecular weight excluding hydrogens is 496 g/mol. The van der Waals surface area contributed by atoms with Crippen molar-refractivity contribution < 1.29 is 13.2 Å². The number of hydrogen-bond acceptors (Lipinski definition) is 8. The molecule has 0 aliphatic carbocycles. The molecule has 4 rings (SSSR count). The molecule has 0 bridgehead atoms. The SMILES string of the molecule is Cc1csc(S(=O)(=O)N(CC(C)C)c2cc(C)c(C)cc2OCc2ccc(-c3nn[nH]n3)cc2C)n1. The number of aryl methyl sites for hydroxylation is 4. The smallest absolute Gasteiger partial charge is 0.291 e. The van der Waals surface area contributed by atoms with Gasteiger partial charge in [0.05, 0.1) is 5.69 Å². The van der Waals surface area contributed by atoms with Crippen LogP contribution in [0.4, 0.5) is 5.69 Å². The average Bonchev–Trinajstić information content (AvgIpc) is 3.51. The zero-order chi connectivity index (χ0) is 26.0. The zero-order valence-electron chi connectivity index (χ0n) is 21.2. The first-order valence-electron chi connectivity index (χ1n) is 11.6. The lowest BCUT2D eigenvalue weighted by molar-refractivity contribution is 0.306. The van der Waals surface area contributed by atoms with Gasteiger partial charge in [0, 0.05) is 23.2 Å². The Morgan fingerprint density at radius 2 is 1.81 bits per heavy atom. The molecule has 0 saturated heterocycles. The van der Waals surface area contributed by atoms with Crippen LogP contribution in [0, 0.1) is 33.6 Å². The number of tetrazole rings is 1. The highest BCUT2D eigenvalue weighted by Gasteiger charge is 2.31. The molecule has 4 aromatic rings. The fraction of sp³-hybridized carbons (Fsp3) is 0.360. The lowest BCUT2D eigenvalue weighted by atomic mass is 10.1. The number of aromatic nitrogens is 5. The number of nitrogens with one attached hydrogen (secondary N) is 1. The van der Waals surface area contributed by atoms with Crippen LogP contribution in [0.1, 0.15) is 41.8 Å². The van der Waals surface area contributed by atoms with E-state index < -0.39 is 10.0 Å². The van der Waals surface area contributed by atoms with Crippen LogP contribution >= 0.6 is 11.3 Å². The number of thiazole rings is 1. The summed E-state index contributed by atoms with van der Waals surface area (Å²) in [6, 6.07) is 9.65. The fourth-order valence-electron chi connectivity index (χ4n) is 3.72. The Morgan fingerprint density at radius 1 is 1.06 bits per heavy atom. The minimum absolute atomic E-state index is 0.0812. The monoisotopic (exact) mass is 526 g/mol. The maximum atomic E-state index is 13.7. The minimum Gasteiger partial charge on any atom is -0.487 e. The highest BCUT2D eigenvalue weighted by molar-refractivity contribution is 7.94. The molecule has 0 spiro atoms. The van der Waals surface area contributed by atoms with Crippen LogP contribution in [0.2, 0.25) is 0 Å². The maximum absolute atomic E-state index is 13.7. The minimum atomic E-state index is -3.86.